The second-order valence-electron chi connectivity index (χ2n) is 9.90. The number of halogens is 1. The maximum atomic E-state index is 13.1. The monoisotopic (exact) mass is 559 g/mol. The number of fused-ring (bicyclic) bond motifs is 1. The van der Waals surface area contributed by atoms with E-state index in [-0.39, 0.29) is 5.97 Å². The zero-order valence-corrected chi connectivity index (χ0v) is 23.0. The number of rotatable bonds is 9. The quantitative estimate of drug-likeness (QED) is 0.127. The van der Waals surface area contributed by atoms with Crippen molar-refractivity contribution in [2.45, 2.75) is 70.8 Å². The first-order chi connectivity index (χ1) is 18.1. The summed E-state index contributed by atoms with van der Waals surface area (Å²) in [6, 6.07) is 19.9. The molecule has 0 unspecified atom stereocenters. The number of unbranched alkanes of at least 4 members (excludes halogenated alkanes) is 2. The fraction of sp³-hybridized carbons (Fsp3) is 0.355. The summed E-state index contributed by atoms with van der Waals surface area (Å²) in [5.41, 5.74) is 4.23. The Morgan fingerprint density at radius 1 is 1.03 bits per heavy atom. The van der Waals surface area contributed by atoms with Crippen molar-refractivity contribution in [3.63, 3.8) is 0 Å². The molecule has 2 aromatic carbocycles. The summed E-state index contributed by atoms with van der Waals surface area (Å²) in [7, 11) is 0. The molecule has 0 atom stereocenters. The molecule has 1 fully saturated rings. The van der Waals surface area contributed by atoms with E-state index >= 15 is 0 Å². The minimum absolute atomic E-state index is 0.360. The fourth-order valence-corrected chi connectivity index (χ4v) is 5.42. The van der Waals surface area contributed by atoms with E-state index in [1.165, 1.54) is 44.1 Å². The summed E-state index contributed by atoms with van der Waals surface area (Å²) >= 11 is 3.61. The average molecular weight is 561 g/mol. The molecule has 2 aromatic heterocycles. The van der Waals surface area contributed by atoms with Gasteiger partial charge in [0, 0.05) is 22.3 Å². The van der Waals surface area contributed by atoms with Crippen LogP contribution in [0.5, 0.6) is 5.75 Å². The summed E-state index contributed by atoms with van der Waals surface area (Å²) in [6.45, 7) is 2.21. The van der Waals surface area contributed by atoms with E-state index in [9.17, 15) is 4.79 Å². The molecule has 5 rings (SSSR count). The molecular formula is C31H34BrN3O2. The Morgan fingerprint density at radius 3 is 2.59 bits per heavy atom. The molecule has 37 heavy (non-hydrogen) atoms. The number of aromatic nitrogens is 2. The Balaban J connectivity index is 1.44. The van der Waals surface area contributed by atoms with Gasteiger partial charge in [-0.05, 0) is 83.6 Å². The smallest absolute Gasteiger partial charge is 0.343 e. The molecule has 0 saturated heterocycles. The number of nitrogens with one attached hydrogen (secondary N) is 1. The van der Waals surface area contributed by atoms with Gasteiger partial charge in [-0.3, -0.25) is 4.40 Å². The Hall–Kier alpha value is -3.12. The van der Waals surface area contributed by atoms with Crippen LogP contribution < -0.4 is 10.1 Å². The molecule has 0 aliphatic heterocycles. The zero-order chi connectivity index (χ0) is 25.6. The number of anilines is 1. The number of carbonyl (C=O) groups is 1. The Morgan fingerprint density at radius 2 is 1.81 bits per heavy atom. The number of hydrogen-bond donors (Lipinski definition) is 1. The maximum Gasteiger partial charge on any atom is 0.343 e. The standard InChI is InChI=1S/C31H34BrN3O2/c1-2-3-5-10-22-15-17-23(18-16-22)31(36)37-27-14-9-8-13-26(27)29-30(33-25-11-6-4-7-12-25)35-21-24(32)19-20-28(35)34-29/h8-9,13-21,25,33H,2-7,10-12H2,1H3. The average Bonchev–Trinajstić information content (AvgIpc) is 3.27. The van der Waals surface area contributed by atoms with Crippen molar-refractivity contribution >= 4 is 33.4 Å². The van der Waals surface area contributed by atoms with Crippen LogP contribution in [0.3, 0.4) is 0 Å². The van der Waals surface area contributed by atoms with Gasteiger partial charge in [-0.2, -0.15) is 0 Å². The molecular weight excluding hydrogens is 526 g/mol. The third-order valence-electron chi connectivity index (χ3n) is 7.13. The van der Waals surface area contributed by atoms with E-state index < -0.39 is 0 Å². The number of esters is 1. The van der Waals surface area contributed by atoms with Crippen LogP contribution >= 0.6 is 15.9 Å². The lowest BCUT2D eigenvalue weighted by atomic mass is 9.95. The Kier molecular flexibility index (Phi) is 8.24. The normalized spacial score (nSPS) is 14.1. The lowest BCUT2D eigenvalue weighted by Gasteiger charge is -2.24. The maximum absolute atomic E-state index is 13.1. The van der Waals surface area contributed by atoms with Gasteiger partial charge in [0.1, 0.15) is 22.9 Å². The highest BCUT2D eigenvalue weighted by atomic mass is 79.9. The highest BCUT2D eigenvalue weighted by Crippen LogP contribution is 2.37. The minimum atomic E-state index is -0.360. The van der Waals surface area contributed by atoms with Crippen LogP contribution in [0, 0.1) is 0 Å². The summed E-state index contributed by atoms with van der Waals surface area (Å²) in [5, 5.41) is 3.78. The lowest BCUT2D eigenvalue weighted by molar-refractivity contribution is 0.0735. The van der Waals surface area contributed by atoms with Crippen molar-refractivity contribution in [2.24, 2.45) is 0 Å². The van der Waals surface area contributed by atoms with E-state index in [0.29, 0.717) is 17.4 Å². The molecule has 0 bridgehead atoms. The molecule has 1 aliphatic rings. The number of pyridine rings is 1. The third-order valence-corrected chi connectivity index (χ3v) is 7.60. The van der Waals surface area contributed by atoms with Crippen LogP contribution in [0.2, 0.25) is 0 Å². The van der Waals surface area contributed by atoms with Crippen molar-refractivity contribution in [1.29, 1.82) is 0 Å². The molecule has 6 heteroatoms. The second-order valence-corrected chi connectivity index (χ2v) is 10.8. The van der Waals surface area contributed by atoms with Crippen LogP contribution in [-0.2, 0) is 6.42 Å². The highest BCUT2D eigenvalue weighted by molar-refractivity contribution is 9.10. The SMILES string of the molecule is CCCCCc1ccc(C(=O)Oc2ccccc2-c2nc3ccc(Br)cn3c2NC2CCCCC2)cc1. The lowest BCUT2D eigenvalue weighted by Crippen LogP contribution is -2.23. The first-order valence-corrected chi connectivity index (χ1v) is 14.3. The molecule has 5 nitrogen and oxygen atoms in total. The van der Waals surface area contributed by atoms with E-state index in [0.717, 1.165) is 46.5 Å². The second kappa shape index (κ2) is 12.0. The van der Waals surface area contributed by atoms with Crippen molar-refractivity contribution in [1.82, 2.24) is 9.38 Å². The van der Waals surface area contributed by atoms with Crippen LogP contribution in [-0.4, -0.2) is 21.4 Å². The zero-order valence-electron chi connectivity index (χ0n) is 21.4. The third kappa shape index (κ3) is 6.07. The molecule has 0 amide bonds. The first-order valence-electron chi connectivity index (χ1n) is 13.5. The van der Waals surface area contributed by atoms with E-state index in [1.807, 2.05) is 66.9 Å². The largest absolute Gasteiger partial charge is 0.422 e. The Labute approximate surface area is 227 Å². The molecule has 192 valence electrons. The van der Waals surface area contributed by atoms with Gasteiger partial charge >= 0.3 is 5.97 Å². The highest BCUT2D eigenvalue weighted by Gasteiger charge is 2.22. The number of ether oxygens (including phenoxy) is 1. The number of benzene rings is 2. The summed E-state index contributed by atoms with van der Waals surface area (Å²) in [6.07, 6.45) is 12.7. The van der Waals surface area contributed by atoms with Crippen molar-refractivity contribution in [2.75, 3.05) is 5.32 Å². The van der Waals surface area contributed by atoms with Gasteiger partial charge in [-0.15, -0.1) is 0 Å². The molecule has 1 saturated carbocycles. The molecule has 2 heterocycles. The Bertz CT molecular complexity index is 1360. The molecule has 1 aliphatic carbocycles. The summed E-state index contributed by atoms with van der Waals surface area (Å²) < 4.78 is 9.03. The van der Waals surface area contributed by atoms with Crippen LogP contribution in [0.15, 0.2) is 71.3 Å². The van der Waals surface area contributed by atoms with E-state index in [2.05, 4.69) is 32.6 Å². The van der Waals surface area contributed by atoms with E-state index in [4.69, 9.17) is 9.72 Å². The number of hydrogen-bond acceptors (Lipinski definition) is 4. The van der Waals surface area contributed by atoms with Gasteiger partial charge in [-0.1, -0.05) is 63.3 Å². The molecule has 0 spiro atoms. The van der Waals surface area contributed by atoms with Crippen molar-refractivity contribution < 1.29 is 9.53 Å². The minimum Gasteiger partial charge on any atom is -0.422 e. The number of para-hydroxylation sites is 1. The topological polar surface area (TPSA) is 55.6 Å². The van der Waals surface area contributed by atoms with Gasteiger partial charge in [0.2, 0.25) is 0 Å². The van der Waals surface area contributed by atoms with Crippen LogP contribution in [0.1, 0.15) is 74.2 Å². The van der Waals surface area contributed by atoms with Crippen molar-refractivity contribution in [3.8, 4) is 17.0 Å². The van der Waals surface area contributed by atoms with Gasteiger partial charge in [0.25, 0.3) is 0 Å². The number of nitrogens with zero attached hydrogens (tertiary/aromatic N) is 2. The predicted octanol–water partition coefficient (Wildman–Crippen LogP) is 8.46. The van der Waals surface area contributed by atoms with Gasteiger partial charge in [0.05, 0.1) is 5.56 Å². The first kappa shape index (κ1) is 25.5. The number of aryl methyl sites for hydroxylation is 1. The summed E-state index contributed by atoms with van der Waals surface area (Å²) in [5.74, 6) is 1.08. The van der Waals surface area contributed by atoms with Gasteiger partial charge < -0.3 is 10.1 Å². The van der Waals surface area contributed by atoms with E-state index in [1.54, 1.807) is 0 Å². The molecule has 0 radical (unpaired) electrons. The van der Waals surface area contributed by atoms with Crippen molar-refractivity contribution in [3.05, 3.63) is 82.5 Å². The molecule has 1 N–H and O–H groups in total. The number of imidazole rings is 1. The fourth-order valence-electron chi connectivity index (χ4n) is 5.08. The number of carbonyl (C=O) groups excluding carboxylic acids is 1. The molecule has 4 aromatic rings. The van der Waals surface area contributed by atoms with Crippen LogP contribution in [0.4, 0.5) is 5.82 Å². The van der Waals surface area contributed by atoms with Gasteiger partial charge in [0.15, 0.2) is 0 Å². The van der Waals surface area contributed by atoms with Gasteiger partial charge in [-0.25, -0.2) is 9.78 Å². The van der Waals surface area contributed by atoms with Crippen LogP contribution in [0.25, 0.3) is 16.9 Å². The summed E-state index contributed by atoms with van der Waals surface area (Å²) in [4.78, 5) is 18.1. The predicted molar refractivity (Wildman–Crippen MR) is 153 cm³/mol.